The van der Waals surface area contributed by atoms with E-state index in [-0.39, 0.29) is 5.91 Å². The van der Waals surface area contributed by atoms with Gasteiger partial charge in [0.15, 0.2) is 0 Å². The van der Waals surface area contributed by atoms with Crippen molar-refractivity contribution < 1.29 is 4.79 Å². The number of nitrogens with one attached hydrogen (secondary N) is 1. The van der Waals surface area contributed by atoms with Crippen LogP contribution in [0.3, 0.4) is 0 Å². The van der Waals surface area contributed by atoms with Crippen LogP contribution in [0.2, 0.25) is 5.02 Å². The molecule has 2 aromatic rings. The van der Waals surface area contributed by atoms with Crippen LogP contribution in [0.5, 0.6) is 0 Å². The van der Waals surface area contributed by atoms with Crippen molar-refractivity contribution >= 4 is 44.9 Å². The molecule has 5 nitrogen and oxygen atoms in total. The summed E-state index contributed by atoms with van der Waals surface area (Å²) >= 11 is 9.42. The van der Waals surface area contributed by atoms with Gasteiger partial charge in [-0.25, -0.2) is 0 Å². The Morgan fingerprint density at radius 3 is 2.79 bits per heavy atom. The minimum absolute atomic E-state index is 0.312. The fourth-order valence-corrected chi connectivity index (χ4v) is 2.27. The van der Waals surface area contributed by atoms with Crippen molar-refractivity contribution in [3.63, 3.8) is 0 Å². The monoisotopic (exact) mass is 342 g/mol. The van der Waals surface area contributed by atoms with Crippen molar-refractivity contribution in [1.82, 2.24) is 9.78 Å². The van der Waals surface area contributed by atoms with Crippen molar-refractivity contribution in [2.75, 3.05) is 11.1 Å². The largest absolute Gasteiger partial charge is 0.383 e. The number of nitrogen functional groups attached to an aromatic ring is 1. The van der Waals surface area contributed by atoms with Crippen LogP contribution in [0.4, 0.5) is 11.5 Å². The standard InChI is InChI=1S/C12H12BrClN4O/c1-6-3-8(13)10(4-9(6)14)17-12(19)7-5-16-18(2)11(7)15/h3-5H,15H2,1-2H3,(H,17,19). The molecule has 1 amide bonds. The number of anilines is 2. The van der Waals surface area contributed by atoms with Gasteiger partial charge in [-0.15, -0.1) is 0 Å². The van der Waals surface area contributed by atoms with Gasteiger partial charge in [-0.1, -0.05) is 11.6 Å². The number of carbonyl (C=O) groups is 1. The molecule has 2 rings (SSSR count). The molecule has 3 N–H and O–H groups in total. The Balaban J connectivity index is 2.29. The fourth-order valence-electron chi connectivity index (χ4n) is 1.55. The third kappa shape index (κ3) is 2.74. The summed E-state index contributed by atoms with van der Waals surface area (Å²) in [5, 5.41) is 7.25. The third-order valence-corrected chi connectivity index (χ3v) is 3.79. The molecule has 1 aromatic carbocycles. The summed E-state index contributed by atoms with van der Waals surface area (Å²) in [6, 6.07) is 3.52. The number of nitrogens with zero attached hydrogens (tertiary/aromatic N) is 2. The Bertz CT molecular complexity index is 653. The molecule has 0 unspecified atom stereocenters. The molecule has 1 aromatic heterocycles. The van der Waals surface area contributed by atoms with Crippen LogP contribution in [0.15, 0.2) is 22.8 Å². The van der Waals surface area contributed by atoms with Gasteiger partial charge in [-0.05, 0) is 40.5 Å². The van der Waals surface area contributed by atoms with Crippen LogP contribution < -0.4 is 11.1 Å². The molecule has 19 heavy (non-hydrogen) atoms. The lowest BCUT2D eigenvalue weighted by Gasteiger charge is -2.09. The number of benzene rings is 1. The highest BCUT2D eigenvalue weighted by molar-refractivity contribution is 9.10. The van der Waals surface area contributed by atoms with Gasteiger partial charge in [0.2, 0.25) is 0 Å². The highest BCUT2D eigenvalue weighted by atomic mass is 79.9. The zero-order chi connectivity index (χ0) is 14.2. The number of hydrogen-bond acceptors (Lipinski definition) is 3. The Hall–Kier alpha value is -1.53. The SMILES string of the molecule is Cc1cc(Br)c(NC(=O)c2cnn(C)c2N)cc1Cl. The Morgan fingerprint density at radius 1 is 1.53 bits per heavy atom. The number of hydrogen-bond donors (Lipinski definition) is 2. The predicted octanol–water partition coefficient (Wildman–Crippen LogP) is 2.98. The van der Waals surface area contributed by atoms with Gasteiger partial charge in [-0.2, -0.15) is 5.10 Å². The maximum Gasteiger partial charge on any atom is 0.261 e. The highest BCUT2D eigenvalue weighted by Gasteiger charge is 2.15. The van der Waals surface area contributed by atoms with Crippen molar-refractivity contribution in [1.29, 1.82) is 0 Å². The molecule has 100 valence electrons. The predicted molar refractivity (Wildman–Crippen MR) is 79.5 cm³/mol. The van der Waals surface area contributed by atoms with Crippen LogP contribution in [-0.4, -0.2) is 15.7 Å². The van der Waals surface area contributed by atoms with Crippen LogP contribution in [0.1, 0.15) is 15.9 Å². The quantitative estimate of drug-likeness (QED) is 0.880. The first-order valence-corrected chi connectivity index (χ1v) is 6.61. The van der Waals surface area contributed by atoms with Gasteiger partial charge in [0.05, 0.1) is 11.9 Å². The molecule has 7 heteroatoms. The van der Waals surface area contributed by atoms with Gasteiger partial charge in [0, 0.05) is 16.5 Å². The highest BCUT2D eigenvalue weighted by Crippen LogP contribution is 2.29. The molecule has 0 spiro atoms. The van der Waals surface area contributed by atoms with Crippen LogP contribution in [0, 0.1) is 6.92 Å². The minimum atomic E-state index is -0.328. The van der Waals surface area contributed by atoms with Crippen LogP contribution >= 0.6 is 27.5 Å². The van der Waals surface area contributed by atoms with Gasteiger partial charge in [-0.3, -0.25) is 9.48 Å². The van der Waals surface area contributed by atoms with E-state index in [1.807, 2.05) is 13.0 Å². The fraction of sp³-hybridized carbons (Fsp3) is 0.167. The second kappa shape index (κ2) is 5.22. The van der Waals surface area contributed by atoms with Crippen LogP contribution in [-0.2, 0) is 7.05 Å². The molecular formula is C12H12BrClN4O. The average molecular weight is 344 g/mol. The first-order valence-electron chi connectivity index (χ1n) is 5.44. The van der Waals surface area contributed by atoms with Crippen molar-refractivity contribution in [3.05, 3.63) is 39.0 Å². The molecule has 0 saturated carbocycles. The van der Waals surface area contributed by atoms with Gasteiger partial charge >= 0.3 is 0 Å². The van der Waals surface area contributed by atoms with Crippen molar-refractivity contribution in [2.24, 2.45) is 7.05 Å². The average Bonchev–Trinajstić information content (AvgIpc) is 2.67. The number of carbonyl (C=O) groups excluding carboxylic acids is 1. The summed E-state index contributed by atoms with van der Waals surface area (Å²) in [4.78, 5) is 12.1. The van der Waals surface area contributed by atoms with E-state index in [2.05, 4.69) is 26.3 Å². The molecule has 0 aliphatic carbocycles. The molecule has 0 fully saturated rings. The summed E-state index contributed by atoms with van der Waals surface area (Å²) < 4.78 is 2.19. The molecule has 0 aliphatic rings. The van der Waals surface area contributed by atoms with E-state index in [0.29, 0.717) is 22.1 Å². The summed E-state index contributed by atoms with van der Waals surface area (Å²) in [5.41, 5.74) is 7.59. The second-order valence-electron chi connectivity index (χ2n) is 4.10. The van der Waals surface area contributed by atoms with E-state index in [1.54, 1.807) is 13.1 Å². The van der Waals surface area contributed by atoms with E-state index < -0.39 is 0 Å². The Kier molecular flexibility index (Phi) is 3.82. The first kappa shape index (κ1) is 13.9. The van der Waals surface area contributed by atoms with E-state index in [9.17, 15) is 4.79 Å². The number of aryl methyl sites for hydroxylation is 2. The van der Waals surface area contributed by atoms with Crippen molar-refractivity contribution in [2.45, 2.75) is 6.92 Å². The third-order valence-electron chi connectivity index (χ3n) is 2.73. The Morgan fingerprint density at radius 2 is 2.21 bits per heavy atom. The second-order valence-corrected chi connectivity index (χ2v) is 5.36. The summed E-state index contributed by atoms with van der Waals surface area (Å²) in [7, 11) is 1.67. The normalized spacial score (nSPS) is 10.5. The molecule has 0 saturated heterocycles. The number of halogens is 2. The number of aromatic nitrogens is 2. The van der Waals surface area contributed by atoms with Crippen LogP contribution in [0.25, 0.3) is 0 Å². The molecule has 1 heterocycles. The summed E-state index contributed by atoms with van der Waals surface area (Å²) in [6.45, 7) is 1.89. The van der Waals surface area contributed by atoms with E-state index >= 15 is 0 Å². The lowest BCUT2D eigenvalue weighted by atomic mass is 10.2. The van der Waals surface area contributed by atoms with Crippen molar-refractivity contribution in [3.8, 4) is 0 Å². The van der Waals surface area contributed by atoms with E-state index in [0.717, 1.165) is 10.0 Å². The summed E-state index contributed by atoms with van der Waals surface area (Å²) in [6.07, 6.45) is 1.42. The minimum Gasteiger partial charge on any atom is -0.383 e. The van der Waals surface area contributed by atoms with E-state index in [4.69, 9.17) is 17.3 Å². The molecule has 0 atom stereocenters. The van der Waals surface area contributed by atoms with E-state index in [1.165, 1.54) is 10.9 Å². The molecule has 0 bridgehead atoms. The lowest BCUT2D eigenvalue weighted by molar-refractivity contribution is 0.102. The van der Waals surface area contributed by atoms with Gasteiger partial charge in [0.1, 0.15) is 11.4 Å². The summed E-state index contributed by atoms with van der Waals surface area (Å²) in [5.74, 6) is -0.0157. The topological polar surface area (TPSA) is 72.9 Å². The zero-order valence-electron chi connectivity index (χ0n) is 10.4. The zero-order valence-corrected chi connectivity index (χ0v) is 12.7. The maximum absolute atomic E-state index is 12.1. The number of amides is 1. The molecule has 0 radical (unpaired) electrons. The number of nitrogens with two attached hydrogens (primary N) is 1. The molecular weight excluding hydrogens is 332 g/mol. The first-order chi connectivity index (χ1) is 8.90. The molecule has 0 aliphatic heterocycles. The van der Waals surface area contributed by atoms with Gasteiger partial charge in [0.25, 0.3) is 5.91 Å². The number of rotatable bonds is 2. The maximum atomic E-state index is 12.1. The van der Waals surface area contributed by atoms with Gasteiger partial charge < -0.3 is 11.1 Å². The smallest absolute Gasteiger partial charge is 0.261 e. The Labute approximate surface area is 123 Å². The lowest BCUT2D eigenvalue weighted by Crippen LogP contribution is -2.14.